The Morgan fingerprint density at radius 1 is 0.939 bits per heavy atom. The van der Waals surface area contributed by atoms with Gasteiger partial charge in [-0.25, -0.2) is 4.79 Å². The Morgan fingerprint density at radius 2 is 1.48 bits per heavy atom. The molecule has 0 radical (unpaired) electrons. The maximum atomic E-state index is 12.8. The van der Waals surface area contributed by atoms with E-state index in [9.17, 15) is 19.2 Å². The summed E-state index contributed by atoms with van der Waals surface area (Å²) in [4.78, 5) is 51.1. The van der Waals surface area contributed by atoms with Crippen molar-refractivity contribution in [3.63, 3.8) is 0 Å². The molecular weight excluding hydrogens is 467 g/mol. The predicted octanol–water partition coefficient (Wildman–Crippen LogP) is 3.90. The number of carbonyl (C=O) groups excluding carboxylic acids is 4. The normalized spacial score (nSPS) is 24.4. The van der Waals surface area contributed by atoms with Crippen LogP contribution >= 0.6 is 23.2 Å². The molecule has 4 atom stereocenters. The molecule has 1 N–H and O–H groups in total. The van der Waals surface area contributed by atoms with Crippen molar-refractivity contribution >= 4 is 58.3 Å². The van der Waals surface area contributed by atoms with E-state index < -0.39 is 30.3 Å². The smallest absolute Gasteiger partial charge is 0.338 e. The fourth-order valence-corrected chi connectivity index (χ4v) is 4.73. The second-order valence-corrected chi connectivity index (χ2v) is 9.39. The lowest BCUT2D eigenvalue weighted by Crippen LogP contribution is -2.34. The molecule has 7 nitrogen and oxygen atoms in total. The molecule has 172 valence electrons. The average Bonchev–Trinajstić information content (AvgIpc) is 3.03. The van der Waals surface area contributed by atoms with E-state index in [0.717, 1.165) is 10.5 Å². The third-order valence-electron chi connectivity index (χ3n) is 5.94. The summed E-state index contributed by atoms with van der Waals surface area (Å²) in [5.41, 5.74) is 2.23. The summed E-state index contributed by atoms with van der Waals surface area (Å²) in [5.74, 6) is -2.72. The summed E-state index contributed by atoms with van der Waals surface area (Å²) in [6.07, 6.45) is 0.715. The number of hydrogen-bond donors (Lipinski definition) is 1. The number of esters is 1. The van der Waals surface area contributed by atoms with Crippen LogP contribution in [0.25, 0.3) is 0 Å². The van der Waals surface area contributed by atoms with Crippen LogP contribution in [0.4, 0.5) is 11.4 Å². The molecule has 2 aliphatic rings. The highest BCUT2D eigenvalue weighted by atomic mass is 35.5. The van der Waals surface area contributed by atoms with Gasteiger partial charge in [0, 0.05) is 5.69 Å². The average molecular weight is 489 g/mol. The van der Waals surface area contributed by atoms with E-state index in [4.69, 9.17) is 27.9 Å². The molecule has 2 fully saturated rings. The van der Waals surface area contributed by atoms with Crippen molar-refractivity contribution in [3.05, 3.63) is 59.7 Å². The Morgan fingerprint density at radius 3 is 2.03 bits per heavy atom. The summed E-state index contributed by atoms with van der Waals surface area (Å²) in [7, 11) is 0. The van der Waals surface area contributed by atoms with Gasteiger partial charge in [-0.05, 0) is 56.2 Å². The Kier molecular flexibility index (Phi) is 6.72. The molecule has 4 rings (SSSR count). The van der Waals surface area contributed by atoms with Gasteiger partial charge in [-0.1, -0.05) is 17.7 Å². The zero-order valence-corrected chi connectivity index (χ0v) is 19.3. The van der Waals surface area contributed by atoms with Crippen LogP contribution in [0, 0.1) is 18.8 Å². The maximum Gasteiger partial charge on any atom is 0.338 e. The van der Waals surface area contributed by atoms with Gasteiger partial charge in [0.2, 0.25) is 11.8 Å². The highest BCUT2D eigenvalue weighted by molar-refractivity contribution is 6.31. The van der Waals surface area contributed by atoms with Gasteiger partial charge >= 0.3 is 5.97 Å². The van der Waals surface area contributed by atoms with Crippen LogP contribution in [0.5, 0.6) is 0 Å². The quantitative estimate of drug-likeness (QED) is 0.391. The molecule has 0 spiro atoms. The number of ether oxygens (including phenoxy) is 1. The number of amides is 3. The SMILES string of the molecule is Cc1ccc(NC(=O)COC(=O)c2ccc(N3C(=O)[C@@H]4C[C@H](Cl)[C@@H](Cl)C[C@H]4C3=O)cc2)cc1. The van der Waals surface area contributed by atoms with Crippen molar-refractivity contribution in [2.45, 2.75) is 30.5 Å². The summed E-state index contributed by atoms with van der Waals surface area (Å²) in [6.45, 7) is 1.49. The number of benzene rings is 2. The largest absolute Gasteiger partial charge is 0.452 e. The number of halogens is 2. The minimum atomic E-state index is -0.691. The molecule has 3 amide bonds. The number of nitrogens with one attached hydrogen (secondary N) is 1. The first-order valence-electron chi connectivity index (χ1n) is 10.5. The second kappa shape index (κ2) is 9.53. The fraction of sp³-hybridized carbons (Fsp3) is 0.333. The first kappa shape index (κ1) is 23.3. The van der Waals surface area contributed by atoms with Crippen LogP contribution < -0.4 is 10.2 Å². The van der Waals surface area contributed by atoms with Crippen LogP contribution in [-0.4, -0.2) is 41.1 Å². The number of anilines is 2. The van der Waals surface area contributed by atoms with E-state index in [1.807, 2.05) is 19.1 Å². The molecule has 1 heterocycles. The molecule has 9 heteroatoms. The van der Waals surface area contributed by atoms with Gasteiger partial charge in [0.05, 0.1) is 33.8 Å². The molecule has 1 saturated heterocycles. The van der Waals surface area contributed by atoms with Gasteiger partial charge in [-0.15, -0.1) is 23.2 Å². The third-order valence-corrected chi connectivity index (χ3v) is 7.04. The number of nitrogens with zero attached hydrogens (tertiary/aromatic N) is 1. The van der Waals surface area contributed by atoms with Crippen molar-refractivity contribution in [1.29, 1.82) is 0 Å². The number of imide groups is 1. The Hall–Kier alpha value is -2.90. The van der Waals surface area contributed by atoms with E-state index in [1.54, 1.807) is 12.1 Å². The van der Waals surface area contributed by atoms with Gasteiger partial charge < -0.3 is 10.1 Å². The van der Waals surface area contributed by atoms with E-state index in [2.05, 4.69) is 5.32 Å². The molecule has 0 unspecified atom stereocenters. The highest BCUT2D eigenvalue weighted by Gasteiger charge is 2.52. The zero-order chi connectivity index (χ0) is 23.7. The van der Waals surface area contributed by atoms with E-state index >= 15 is 0 Å². The number of alkyl halides is 2. The highest BCUT2D eigenvalue weighted by Crippen LogP contribution is 2.43. The van der Waals surface area contributed by atoms with Crippen LogP contribution in [-0.2, 0) is 19.1 Å². The van der Waals surface area contributed by atoms with Gasteiger partial charge in [-0.2, -0.15) is 0 Å². The molecule has 1 aliphatic carbocycles. The molecule has 0 aromatic heterocycles. The summed E-state index contributed by atoms with van der Waals surface area (Å²) < 4.78 is 5.07. The first-order chi connectivity index (χ1) is 15.7. The molecular formula is C24H22Cl2N2O5. The number of rotatable bonds is 5. The van der Waals surface area contributed by atoms with Crippen molar-refractivity contribution in [1.82, 2.24) is 0 Å². The summed E-state index contributed by atoms with van der Waals surface area (Å²) >= 11 is 12.4. The minimum absolute atomic E-state index is 0.194. The lowest BCUT2D eigenvalue weighted by Gasteiger charge is -2.28. The zero-order valence-electron chi connectivity index (χ0n) is 17.8. The monoisotopic (exact) mass is 488 g/mol. The molecule has 2 aromatic rings. The molecule has 1 saturated carbocycles. The van der Waals surface area contributed by atoms with E-state index in [1.165, 1.54) is 24.3 Å². The van der Waals surface area contributed by atoms with Gasteiger partial charge in [0.15, 0.2) is 6.61 Å². The van der Waals surface area contributed by atoms with Crippen LogP contribution in [0.3, 0.4) is 0 Å². The van der Waals surface area contributed by atoms with Crippen LogP contribution in [0.2, 0.25) is 0 Å². The van der Waals surface area contributed by atoms with Gasteiger partial charge in [0.1, 0.15) is 0 Å². The second-order valence-electron chi connectivity index (χ2n) is 8.27. The van der Waals surface area contributed by atoms with Crippen molar-refractivity contribution < 1.29 is 23.9 Å². The van der Waals surface area contributed by atoms with E-state index in [0.29, 0.717) is 24.2 Å². The van der Waals surface area contributed by atoms with Gasteiger partial charge in [0.25, 0.3) is 5.91 Å². The van der Waals surface area contributed by atoms with Crippen LogP contribution in [0.1, 0.15) is 28.8 Å². The number of carbonyl (C=O) groups is 4. The maximum absolute atomic E-state index is 12.8. The summed E-state index contributed by atoms with van der Waals surface area (Å²) in [6, 6.07) is 13.1. The standard InChI is InChI=1S/C24H22Cl2N2O5/c1-13-2-6-15(7-3-13)27-21(29)12-33-24(32)14-4-8-16(9-5-14)28-22(30)17-10-19(25)20(26)11-18(17)23(28)31/h2-9,17-20H,10-12H2,1H3,(H,27,29)/t17-,18-,19+,20+/m1/s1. The molecule has 0 bridgehead atoms. The van der Waals surface area contributed by atoms with Gasteiger partial charge in [-0.3, -0.25) is 19.3 Å². The predicted molar refractivity (Wildman–Crippen MR) is 125 cm³/mol. The molecule has 2 aromatic carbocycles. The lowest BCUT2D eigenvalue weighted by atomic mass is 9.80. The van der Waals surface area contributed by atoms with Crippen molar-refractivity contribution in [2.75, 3.05) is 16.8 Å². The topological polar surface area (TPSA) is 92.8 Å². The van der Waals surface area contributed by atoms with Crippen molar-refractivity contribution in [3.8, 4) is 0 Å². The number of hydrogen-bond acceptors (Lipinski definition) is 5. The number of fused-ring (bicyclic) bond motifs is 1. The molecule has 33 heavy (non-hydrogen) atoms. The Balaban J connectivity index is 1.36. The number of aryl methyl sites for hydroxylation is 1. The minimum Gasteiger partial charge on any atom is -0.452 e. The summed E-state index contributed by atoms with van der Waals surface area (Å²) in [5, 5.41) is 1.93. The van der Waals surface area contributed by atoms with E-state index in [-0.39, 0.29) is 28.1 Å². The Labute approximate surface area is 201 Å². The first-order valence-corrected chi connectivity index (χ1v) is 11.4. The molecule has 1 aliphatic heterocycles. The lowest BCUT2D eigenvalue weighted by molar-refractivity contribution is -0.122. The fourth-order valence-electron chi connectivity index (χ4n) is 4.14. The Bertz CT molecular complexity index is 1060. The van der Waals surface area contributed by atoms with Crippen molar-refractivity contribution in [2.24, 2.45) is 11.8 Å². The van der Waals surface area contributed by atoms with Crippen LogP contribution in [0.15, 0.2) is 48.5 Å². The third kappa shape index (κ3) is 4.89.